The van der Waals surface area contributed by atoms with Gasteiger partial charge >= 0.3 is 5.69 Å². The van der Waals surface area contributed by atoms with E-state index < -0.39 is 23.5 Å². The van der Waals surface area contributed by atoms with Gasteiger partial charge in [-0.2, -0.15) is 0 Å². The van der Waals surface area contributed by atoms with Crippen LogP contribution in [0.4, 0.5) is 5.69 Å². The number of carbonyl (C=O) groups is 2. The van der Waals surface area contributed by atoms with E-state index in [1.54, 1.807) is 25.1 Å². The summed E-state index contributed by atoms with van der Waals surface area (Å²) < 4.78 is 10.6. The average Bonchev–Trinajstić information content (AvgIpc) is 2.83. The summed E-state index contributed by atoms with van der Waals surface area (Å²) >= 11 is 12.7. The van der Waals surface area contributed by atoms with Crippen LogP contribution in [0.25, 0.3) is 0 Å². The first-order valence-corrected chi connectivity index (χ1v) is 11.9. The van der Waals surface area contributed by atoms with Crippen LogP contribution in [0.3, 0.4) is 0 Å². The predicted molar refractivity (Wildman–Crippen MR) is 134 cm³/mol. The number of benzene rings is 2. The molecule has 0 heterocycles. The van der Waals surface area contributed by atoms with Crippen LogP contribution >= 0.6 is 23.2 Å². The molecule has 0 fully saturated rings. The van der Waals surface area contributed by atoms with Gasteiger partial charge in [0.2, 0.25) is 11.7 Å². The van der Waals surface area contributed by atoms with Crippen molar-refractivity contribution in [2.45, 2.75) is 45.7 Å². The fourth-order valence-electron chi connectivity index (χ4n) is 3.41. The van der Waals surface area contributed by atoms with Crippen LogP contribution in [0.5, 0.6) is 11.5 Å². The van der Waals surface area contributed by atoms with Gasteiger partial charge in [-0.3, -0.25) is 19.7 Å². The molecule has 0 saturated carbocycles. The lowest BCUT2D eigenvalue weighted by Crippen LogP contribution is -2.50. The normalized spacial score (nSPS) is 11.5. The molecule has 0 aromatic heterocycles. The molecule has 0 unspecified atom stereocenters. The van der Waals surface area contributed by atoms with Crippen LogP contribution in [0.1, 0.15) is 38.7 Å². The van der Waals surface area contributed by atoms with Gasteiger partial charge in [0, 0.05) is 40.8 Å². The Balaban J connectivity index is 2.28. The van der Waals surface area contributed by atoms with Crippen molar-refractivity contribution in [1.29, 1.82) is 0 Å². The lowest BCUT2D eigenvalue weighted by atomic mass is 10.1. The highest BCUT2D eigenvalue weighted by molar-refractivity contribution is 6.36. The van der Waals surface area contributed by atoms with Crippen molar-refractivity contribution in [1.82, 2.24) is 10.2 Å². The predicted octanol–water partition coefficient (Wildman–Crippen LogP) is 5.01. The maximum Gasteiger partial charge on any atom is 0.311 e. The topological polar surface area (TPSA) is 111 Å². The van der Waals surface area contributed by atoms with Gasteiger partial charge in [-0.25, -0.2) is 0 Å². The Labute approximate surface area is 214 Å². The fraction of sp³-hybridized carbons (Fsp3) is 0.417. The van der Waals surface area contributed by atoms with E-state index in [-0.39, 0.29) is 29.6 Å². The van der Waals surface area contributed by atoms with Gasteiger partial charge in [-0.05, 0) is 31.0 Å². The zero-order chi connectivity index (χ0) is 26.0. The minimum absolute atomic E-state index is 0.00129. The number of hydrogen-bond acceptors (Lipinski definition) is 6. The van der Waals surface area contributed by atoms with Crippen LogP contribution in [-0.4, -0.2) is 47.9 Å². The van der Waals surface area contributed by atoms with E-state index in [1.165, 1.54) is 30.2 Å². The van der Waals surface area contributed by atoms with Crippen molar-refractivity contribution in [3.63, 3.8) is 0 Å². The minimum atomic E-state index is -0.776. The fourth-order valence-corrected chi connectivity index (χ4v) is 3.92. The van der Waals surface area contributed by atoms with Crippen LogP contribution in [-0.2, 0) is 16.1 Å². The molecule has 0 saturated heterocycles. The van der Waals surface area contributed by atoms with Crippen molar-refractivity contribution in [2.75, 3.05) is 20.3 Å². The quantitative estimate of drug-likeness (QED) is 0.223. The standard InChI is InChI=1S/C24H29Cl2N3O6/c1-4-6-12-27-24(31)20(5-2)28(14-17-18(25)8-7-9-19(17)26)23(30)15-35-16-10-11-21(29(32)33)22(13-16)34-3/h7-11,13,20H,4-6,12,14-15H2,1-3H3,(H,27,31)/t20-/m0/s1. The SMILES string of the molecule is CCCCNC(=O)[C@H](CC)N(Cc1c(Cl)cccc1Cl)C(=O)COc1ccc([N+](=O)[O-])c(OC)c1. The van der Waals surface area contributed by atoms with E-state index in [2.05, 4.69) is 5.32 Å². The molecule has 0 bridgehead atoms. The number of nitrogens with one attached hydrogen (secondary N) is 1. The van der Waals surface area contributed by atoms with Gasteiger partial charge in [0.15, 0.2) is 6.61 Å². The molecule has 2 aromatic rings. The largest absolute Gasteiger partial charge is 0.490 e. The number of methoxy groups -OCH3 is 1. The van der Waals surface area contributed by atoms with Crippen LogP contribution in [0.15, 0.2) is 36.4 Å². The summed E-state index contributed by atoms with van der Waals surface area (Å²) in [6.07, 6.45) is 2.09. The molecule has 190 valence electrons. The summed E-state index contributed by atoms with van der Waals surface area (Å²) in [5.74, 6) is -0.552. The van der Waals surface area contributed by atoms with E-state index in [0.717, 1.165) is 12.8 Å². The number of unbranched alkanes of at least 4 members (excludes halogenated alkanes) is 1. The number of nitro benzene ring substituents is 1. The molecule has 1 N–H and O–H groups in total. The Bertz CT molecular complexity index is 1030. The number of halogens is 2. The molecule has 2 amide bonds. The molecule has 35 heavy (non-hydrogen) atoms. The summed E-state index contributed by atoms with van der Waals surface area (Å²) in [6.45, 7) is 3.91. The zero-order valence-electron chi connectivity index (χ0n) is 19.9. The van der Waals surface area contributed by atoms with E-state index in [1.807, 2.05) is 6.92 Å². The Morgan fingerprint density at radius 1 is 1.17 bits per heavy atom. The third-order valence-corrected chi connectivity index (χ3v) is 6.02. The third-order valence-electron chi connectivity index (χ3n) is 5.32. The van der Waals surface area contributed by atoms with Crippen LogP contribution in [0.2, 0.25) is 10.0 Å². The highest BCUT2D eigenvalue weighted by Gasteiger charge is 2.30. The summed E-state index contributed by atoms with van der Waals surface area (Å²) in [6, 6.07) is 8.17. The Morgan fingerprint density at radius 2 is 1.86 bits per heavy atom. The molecule has 1 atom stereocenters. The zero-order valence-corrected chi connectivity index (χ0v) is 21.4. The first kappa shape index (κ1) is 28.2. The van der Waals surface area contributed by atoms with Gasteiger partial charge in [-0.15, -0.1) is 0 Å². The first-order valence-electron chi connectivity index (χ1n) is 11.2. The average molecular weight is 526 g/mol. The number of nitrogens with zero attached hydrogens (tertiary/aromatic N) is 2. The highest BCUT2D eigenvalue weighted by atomic mass is 35.5. The Kier molecular flexibility index (Phi) is 11.1. The molecule has 11 heteroatoms. The first-order chi connectivity index (χ1) is 16.7. The maximum absolute atomic E-state index is 13.3. The minimum Gasteiger partial charge on any atom is -0.490 e. The summed E-state index contributed by atoms with van der Waals surface area (Å²) in [5, 5.41) is 14.7. The molecule has 0 aliphatic carbocycles. The summed E-state index contributed by atoms with van der Waals surface area (Å²) in [4.78, 5) is 38.1. The van der Waals surface area contributed by atoms with Crippen molar-refractivity contribution in [2.24, 2.45) is 0 Å². The molecule has 9 nitrogen and oxygen atoms in total. The highest BCUT2D eigenvalue weighted by Crippen LogP contribution is 2.31. The van der Waals surface area contributed by atoms with Gasteiger partial charge in [0.05, 0.1) is 12.0 Å². The Hall–Kier alpha value is -3.04. The number of hydrogen-bond donors (Lipinski definition) is 1. The molecule has 0 aliphatic rings. The van der Waals surface area contributed by atoms with Crippen LogP contribution in [0, 0.1) is 10.1 Å². The Morgan fingerprint density at radius 3 is 2.43 bits per heavy atom. The number of carbonyl (C=O) groups excluding carboxylic acids is 2. The van der Waals surface area contributed by atoms with Crippen molar-refractivity contribution in [3.8, 4) is 11.5 Å². The smallest absolute Gasteiger partial charge is 0.311 e. The molecule has 2 aromatic carbocycles. The summed E-state index contributed by atoms with van der Waals surface area (Å²) in [5.41, 5.74) is 0.289. The molecular weight excluding hydrogens is 497 g/mol. The van der Waals surface area contributed by atoms with Crippen molar-refractivity contribution >= 4 is 40.7 Å². The van der Waals surface area contributed by atoms with Crippen molar-refractivity contribution in [3.05, 3.63) is 62.1 Å². The second-order valence-corrected chi connectivity index (χ2v) is 8.48. The monoisotopic (exact) mass is 525 g/mol. The molecular formula is C24H29Cl2N3O6. The van der Waals surface area contributed by atoms with Crippen LogP contribution < -0.4 is 14.8 Å². The van der Waals surface area contributed by atoms with Gasteiger partial charge in [-0.1, -0.05) is 49.5 Å². The van der Waals surface area contributed by atoms with Gasteiger partial charge in [0.25, 0.3) is 5.91 Å². The maximum atomic E-state index is 13.3. The summed E-state index contributed by atoms with van der Waals surface area (Å²) in [7, 11) is 1.30. The van der Waals surface area contributed by atoms with Gasteiger partial charge in [0.1, 0.15) is 11.8 Å². The molecule has 0 radical (unpaired) electrons. The van der Waals surface area contributed by atoms with Gasteiger partial charge < -0.3 is 19.7 Å². The van der Waals surface area contributed by atoms with E-state index >= 15 is 0 Å². The number of rotatable bonds is 13. The van der Waals surface area contributed by atoms with E-state index in [4.69, 9.17) is 32.7 Å². The molecule has 2 rings (SSSR count). The van der Waals surface area contributed by atoms with E-state index in [0.29, 0.717) is 28.6 Å². The lowest BCUT2D eigenvalue weighted by molar-refractivity contribution is -0.385. The molecule has 0 aliphatic heterocycles. The number of nitro groups is 1. The number of amides is 2. The van der Waals surface area contributed by atoms with E-state index in [9.17, 15) is 19.7 Å². The number of ether oxygens (including phenoxy) is 2. The lowest BCUT2D eigenvalue weighted by Gasteiger charge is -2.31. The van der Waals surface area contributed by atoms with Crippen molar-refractivity contribution < 1.29 is 24.0 Å². The third kappa shape index (κ3) is 7.73. The second kappa shape index (κ2) is 13.7. The second-order valence-electron chi connectivity index (χ2n) is 7.67. The molecule has 0 spiro atoms.